The molecule has 0 aliphatic carbocycles. The van der Waals surface area contributed by atoms with Gasteiger partial charge in [0.25, 0.3) is 0 Å². The molecule has 3 heteroatoms. The van der Waals surface area contributed by atoms with E-state index in [4.69, 9.17) is 4.74 Å². The molecule has 0 aromatic heterocycles. The second-order valence-corrected chi connectivity index (χ2v) is 4.68. The zero-order chi connectivity index (χ0) is 14.5. The third-order valence-corrected chi connectivity index (χ3v) is 3.03. The van der Waals surface area contributed by atoms with Gasteiger partial charge in [0, 0.05) is 11.8 Å². The summed E-state index contributed by atoms with van der Waals surface area (Å²) in [5.41, 5.74) is 3.87. The highest BCUT2D eigenvalue weighted by Gasteiger charge is 2.05. The first kappa shape index (κ1) is 14.1. The average Bonchev–Trinajstić information content (AvgIpc) is 2.42. The van der Waals surface area contributed by atoms with E-state index in [0.29, 0.717) is 17.9 Å². The molecule has 2 aromatic rings. The van der Waals surface area contributed by atoms with Crippen LogP contribution in [0.1, 0.15) is 23.6 Å². The van der Waals surface area contributed by atoms with Gasteiger partial charge in [0.15, 0.2) is 11.5 Å². The van der Waals surface area contributed by atoms with E-state index < -0.39 is 0 Å². The van der Waals surface area contributed by atoms with E-state index in [-0.39, 0.29) is 5.75 Å². The van der Waals surface area contributed by atoms with Gasteiger partial charge in [0.2, 0.25) is 0 Å². The van der Waals surface area contributed by atoms with Crippen molar-refractivity contribution >= 4 is 11.9 Å². The molecule has 20 heavy (non-hydrogen) atoms. The molecule has 0 bridgehead atoms. The highest BCUT2D eigenvalue weighted by atomic mass is 16.5. The van der Waals surface area contributed by atoms with E-state index in [2.05, 4.69) is 18.0 Å². The summed E-state index contributed by atoms with van der Waals surface area (Å²) in [4.78, 5) is 4.44. The molecule has 0 spiro atoms. The van der Waals surface area contributed by atoms with E-state index in [0.717, 1.165) is 11.3 Å². The van der Waals surface area contributed by atoms with Crippen molar-refractivity contribution in [2.24, 2.45) is 4.99 Å². The number of ether oxygens (including phenoxy) is 1. The number of hydrogen-bond acceptors (Lipinski definition) is 3. The van der Waals surface area contributed by atoms with Crippen LogP contribution in [-0.2, 0) is 0 Å². The van der Waals surface area contributed by atoms with Gasteiger partial charge in [0.05, 0.1) is 12.3 Å². The highest BCUT2D eigenvalue weighted by molar-refractivity contribution is 5.86. The summed E-state index contributed by atoms with van der Waals surface area (Å²) in [6.07, 6.45) is 1.66. The van der Waals surface area contributed by atoms with Gasteiger partial charge in [-0.15, -0.1) is 0 Å². The maximum Gasteiger partial charge on any atom is 0.166 e. The van der Waals surface area contributed by atoms with E-state index in [1.165, 1.54) is 5.56 Å². The van der Waals surface area contributed by atoms with Crippen molar-refractivity contribution < 1.29 is 9.84 Å². The van der Waals surface area contributed by atoms with Crippen LogP contribution < -0.4 is 4.74 Å². The Balaban J connectivity index is 2.29. The fourth-order valence-corrected chi connectivity index (χ4v) is 2.00. The van der Waals surface area contributed by atoms with Crippen molar-refractivity contribution in [3.63, 3.8) is 0 Å². The third kappa shape index (κ3) is 3.18. The number of rotatable bonds is 4. The lowest BCUT2D eigenvalue weighted by Crippen LogP contribution is -1.93. The monoisotopic (exact) mass is 269 g/mol. The van der Waals surface area contributed by atoms with E-state index in [9.17, 15) is 5.11 Å². The van der Waals surface area contributed by atoms with Crippen molar-refractivity contribution in [3.8, 4) is 11.5 Å². The number of hydrogen-bond donors (Lipinski definition) is 1. The van der Waals surface area contributed by atoms with Crippen LogP contribution >= 0.6 is 0 Å². The number of aromatic hydroxyl groups is 1. The number of aliphatic imine (C=N–C) groups is 1. The van der Waals surface area contributed by atoms with Gasteiger partial charge in [-0.05, 0) is 44.5 Å². The summed E-state index contributed by atoms with van der Waals surface area (Å²) in [5.74, 6) is 0.611. The fraction of sp³-hybridized carbons (Fsp3) is 0.235. The third-order valence-electron chi connectivity index (χ3n) is 3.03. The molecule has 0 saturated carbocycles. The maximum absolute atomic E-state index is 10.1. The van der Waals surface area contributed by atoms with Crippen LogP contribution in [0.4, 0.5) is 5.69 Å². The van der Waals surface area contributed by atoms with Crippen LogP contribution in [0.25, 0.3) is 0 Å². The first-order chi connectivity index (χ1) is 9.61. The molecule has 104 valence electrons. The first-order valence-electron chi connectivity index (χ1n) is 6.68. The van der Waals surface area contributed by atoms with Gasteiger partial charge in [0.1, 0.15) is 0 Å². The Kier molecular flexibility index (Phi) is 4.41. The van der Waals surface area contributed by atoms with Crippen molar-refractivity contribution in [3.05, 3.63) is 53.1 Å². The molecule has 0 heterocycles. The Bertz CT molecular complexity index is 633. The van der Waals surface area contributed by atoms with Gasteiger partial charge >= 0.3 is 0 Å². The molecule has 2 aromatic carbocycles. The van der Waals surface area contributed by atoms with Crippen LogP contribution in [-0.4, -0.2) is 17.9 Å². The topological polar surface area (TPSA) is 41.8 Å². The van der Waals surface area contributed by atoms with Gasteiger partial charge < -0.3 is 9.84 Å². The number of benzene rings is 2. The normalized spacial score (nSPS) is 10.9. The SMILES string of the molecule is CCOc1cccc(C=Nc2ccc(C)cc2C)c1O. The molecule has 0 unspecified atom stereocenters. The lowest BCUT2D eigenvalue weighted by molar-refractivity contribution is 0.318. The molecule has 0 aliphatic heterocycles. The Morgan fingerprint density at radius 1 is 1.20 bits per heavy atom. The molecule has 0 amide bonds. The maximum atomic E-state index is 10.1. The summed E-state index contributed by atoms with van der Waals surface area (Å²) in [7, 11) is 0. The van der Waals surface area contributed by atoms with Crippen molar-refractivity contribution in [1.82, 2.24) is 0 Å². The molecule has 0 radical (unpaired) electrons. The van der Waals surface area contributed by atoms with Gasteiger partial charge in [-0.2, -0.15) is 0 Å². The lowest BCUT2D eigenvalue weighted by Gasteiger charge is -2.07. The molecule has 2 rings (SSSR count). The zero-order valence-corrected chi connectivity index (χ0v) is 12.1. The van der Waals surface area contributed by atoms with Crippen LogP contribution in [0.15, 0.2) is 41.4 Å². The lowest BCUT2D eigenvalue weighted by atomic mass is 10.1. The fourth-order valence-electron chi connectivity index (χ4n) is 2.00. The quantitative estimate of drug-likeness (QED) is 0.847. The van der Waals surface area contributed by atoms with Crippen molar-refractivity contribution in [2.45, 2.75) is 20.8 Å². The number of aryl methyl sites for hydroxylation is 2. The Hall–Kier alpha value is -2.29. The number of nitrogens with zero attached hydrogens (tertiary/aromatic N) is 1. The van der Waals surface area contributed by atoms with E-state index in [1.807, 2.05) is 38.1 Å². The van der Waals surface area contributed by atoms with Crippen LogP contribution in [0.2, 0.25) is 0 Å². The number of phenols is 1. The predicted molar refractivity (Wildman–Crippen MR) is 82.4 cm³/mol. The molecule has 0 aliphatic rings. The standard InChI is InChI=1S/C17H19NO2/c1-4-20-16-7-5-6-14(17(16)19)11-18-15-9-8-12(2)10-13(15)3/h5-11,19H,4H2,1-3H3. The molecule has 0 saturated heterocycles. The summed E-state index contributed by atoms with van der Waals surface area (Å²) >= 11 is 0. The van der Waals surface area contributed by atoms with E-state index in [1.54, 1.807) is 12.3 Å². The highest BCUT2D eigenvalue weighted by Crippen LogP contribution is 2.29. The largest absolute Gasteiger partial charge is 0.504 e. The minimum atomic E-state index is 0.128. The predicted octanol–water partition coefficient (Wildman–Crippen LogP) is 4.16. The molecule has 1 N–H and O–H groups in total. The molecular weight excluding hydrogens is 250 g/mol. The molecular formula is C17H19NO2. The average molecular weight is 269 g/mol. The minimum absolute atomic E-state index is 0.128. The second-order valence-electron chi connectivity index (χ2n) is 4.68. The summed E-state index contributed by atoms with van der Waals surface area (Å²) in [6.45, 7) is 6.48. The minimum Gasteiger partial charge on any atom is -0.504 e. The van der Waals surface area contributed by atoms with Crippen LogP contribution in [0, 0.1) is 13.8 Å². The van der Waals surface area contributed by atoms with Gasteiger partial charge in [-0.25, -0.2) is 0 Å². The summed E-state index contributed by atoms with van der Waals surface area (Å²) in [6, 6.07) is 11.5. The smallest absolute Gasteiger partial charge is 0.166 e. The number of phenolic OH excluding ortho intramolecular Hbond substituents is 1. The second kappa shape index (κ2) is 6.24. The number of para-hydroxylation sites is 1. The van der Waals surface area contributed by atoms with Crippen LogP contribution in [0.3, 0.4) is 0 Å². The van der Waals surface area contributed by atoms with Crippen molar-refractivity contribution in [2.75, 3.05) is 6.61 Å². The van der Waals surface area contributed by atoms with Gasteiger partial charge in [-0.1, -0.05) is 23.8 Å². The Morgan fingerprint density at radius 2 is 2.00 bits per heavy atom. The Labute approximate surface area is 119 Å². The Morgan fingerprint density at radius 3 is 2.70 bits per heavy atom. The molecule has 0 fully saturated rings. The van der Waals surface area contributed by atoms with Crippen LogP contribution in [0.5, 0.6) is 11.5 Å². The van der Waals surface area contributed by atoms with Crippen molar-refractivity contribution in [1.29, 1.82) is 0 Å². The summed E-state index contributed by atoms with van der Waals surface area (Å²) < 4.78 is 5.36. The first-order valence-corrected chi connectivity index (χ1v) is 6.68. The summed E-state index contributed by atoms with van der Waals surface area (Å²) in [5, 5.41) is 10.1. The zero-order valence-electron chi connectivity index (χ0n) is 12.1. The van der Waals surface area contributed by atoms with Gasteiger partial charge in [-0.3, -0.25) is 4.99 Å². The van der Waals surface area contributed by atoms with E-state index >= 15 is 0 Å². The molecule has 3 nitrogen and oxygen atoms in total. The molecule has 0 atom stereocenters.